The predicted molar refractivity (Wildman–Crippen MR) is 79.7 cm³/mol. The van der Waals surface area contributed by atoms with Crippen molar-refractivity contribution in [2.75, 3.05) is 23.7 Å². The summed E-state index contributed by atoms with van der Waals surface area (Å²) < 4.78 is 2.09. The van der Waals surface area contributed by atoms with Gasteiger partial charge in [0.2, 0.25) is 0 Å². The highest BCUT2D eigenvalue weighted by molar-refractivity contribution is 5.69. The predicted octanol–water partition coefficient (Wildman–Crippen LogP) is 3.25. The maximum absolute atomic E-state index is 4.59. The van der Waals surface area contributed by atoms with E-state index in [4.69, 9.17) is 0 Å². The molecule has 19 heavy (non-hydrogen) atoms. The van der Waals surface area contributed by atoms with Crippen molar-refractivity contribution in [2.24, 2.45) is 11.3 Å². The molecular weight excluding hydrogens is 236 g/mol. The molecule has 4 nitrogen and oxygen atoms in total. The van der Waals surface area contributed by atoms with Crippen LogP contribution in [0.4, 0.5) is 11.5 Å². The van der Waals surface area contributed by atoms with Gasteiger partial charge in [0, 0.05) is 25.0 Å². The van der Waals surface area contributed by atoms with E-state index in [1.54, 1.807) is 0 Å². The Morgan fingerprint density at radius 2 is 1.95 bits per heavy atom. The molecular formula is C15H26N4. The lowest BCUT2D eigenvalue weighted by atomic mass is 9.71. The van der Waals surface area contributed by atoms with Crippen molar-refractivity contribution in [3.63, 3.8) is 0 Å². The van der Waals surface area contributed by atoms with Crippen LogP contribution in [-0.4, -0.2) is 22.9 Å². The van der Waals surface area contributed by atoms with Crippen LogP contribution in [0.3, 0.4) is 0 Å². The third kappa shape index (κ3) is 2.21. The van der Waals surface area contributed by atoms with Crippen molar-refractivity contribution < 1.29 is 0 Å². The van der Waals surface area contributed by atoms with Gasteiger partial charge in [-0.15, -0.1) is 0 Å². The summed E-state index contributed by atoms with van der Waals surface area (Å²) in [7, 11) is 0. The lowest BCUT2D eigenvalue weighted by molar-refractivity contribution is 0.185. The van der Waals surface area contributed by atoms with Crippen LogP contribution in [0.25, 0.3) is 0 Å². The molecule has 1 aliphatic heterocycles. The molecule has 1 aliphatic carbocycles. The number of nitrogens with one attached hydrogen (secondary N) is 2. The molecule has 0 amide bonds. The summed E-state index contributed by atoms with van der Waals surface area (Å²) in [5, 5.41) is 11.9. The first-order valence-corrected chi connectivity index (χ1v) is 7.69. The highest BCUT2D eigenvalue weighted by atomic mass is 15.3. The molecule has 0 atom stereocenters. The topological polar surface area (TPSA) is 41.9 Å². The van der Waals surface area contributed by atoms with Crippen LogP contribution < -0.4 is 10.6 Å². The van der Waals surface area contributed by atoms with E-state index in [9.17, 15) is 0 Å². The average molecular weight is 262 g/mol. The van der Waals surface area contributed by atoms with Crippen LogP contribution in [0, 0.1) is 18.3 Å². The van der Waals surface area contributed by atoms with Crippen LogP contribution in [-0.2, 0) is 6.54 Å². The van der Waals surface area contributed by atoms with Crippen molar-refractivity contribution in [3.05, 3.63) is 5.69 Å². The third-order valence-corrected chi connectivity index (χ3v) is 5.03. The monoisotopic (exact) mass is 262 g/mol. The van der Waals surface area contributed by atoms with Gasteiger partial charge in [-0.3, -0.25) is 0 Å². The second kappa shape index (κ2) is 4.73. The van der Waals surface area contributed by atoms with Gasteiger partial charge in [0.1, 0.15) is 11.5 Å². The molecule has 1 aromatic heterocycles. The van der Waals surface area contributed by atoms with E-state index in [2.05, 4.69) is 41.2 Å². The molecule has 3 rings (SSSR count). The fraction of sp³-hybridized carbons (Fsp3) is 0.800. The number of rotatable bonds is 1. The zero-order chi connectivity index (χ0) is 13.5. The highest BCUT2D eigenvalue weighted by Crippen LogP contribution is 2.42. The number of hydrogen-bond acceptors (Lipinski definition) is 3. The first-order chi connectivity index (χ1) is 9.13. The van der Waals surface area contributed by atoms with Crippen molar-refractivity contribution in [1.29, 1.82) is 0 Å². The van der Waals surface area contributed by atoms with Crippen LogP contribution in [0.5, 0.6) is 0 Å². The van der Waals surface area contributed by atoms with Crippen LogP contribution in [0.1, 0.15) is 45.2 Å². The van der Waals surface area contributed by atoms with Gasteiger partial charge < -0.3 is 10.6 Å². The summed E-state index contributed by atoms with van der Waals surface area (Å²) in [6.45, 7) is 9.74. The summed E-state index contributed by atoms with van der Waals surface area (Å²) in [5.74, 6) is 2.10. The fourth-order valence-electron chi connectivity index (χ4n) is 3.54. The maximum Gasteiger partial charge on any atom is 0.148 e. The summed E-state index contributed by atoms with van der Waals surface area (Å²) in [4.78, 5) is 0. The number of hydrogen-bond donors (Lipinski definition) is 2. The molecule has 2 N–H and O–H groups in total. The van der Waals surface area contributed by atoms with E-state index in [0.29, 0.717) is 5.41 Å². The molecule has 2 heterocycles. The lowest BCUT2D eigenvalue weighted by Gasteiger charge is -2.38. The standard InChI is InChI=1S/C15H26N4/c1-4-19-14-13(12(3)18-19)16-9-15(10-17-14)7-5-11(2)6-8-15/h11,16-17H,4-10H2,1-3H3. The number of fused-ring (bicyclic) bond motifs is 1. The average Bonchev–Trinajstić information content (AvgIpc) is 2.61. The van der Waals surface area contributed by atoms with Crippen molar-refractivity contribution >= 4 is 11.5 Å². The van der Waals surface area contributed by atoms with Gasteiger partial charge in [-0.25, -0.2) is 4.68 Å². The lowest BCUT2D eigenvalue weighted by Crippen LogP contribution is -2.38. The van der Waals surface area contributed by atoms with Gasteiger partial charge in [-0.1, -0.05) is 19.8 Å². The first-order valence-electron chi connectivity index (χ1n) is 7.69. The Bertz CT molecular complexity index is 455. The van der Waals surface area contributed by atoms with Crippen LogP contribution in [0.2, 0.25) is 0 Å². The van der Waals surface area contributed by atoms with Gasteiger partial charge in [0.05, 0.1) is 5.69 Å². The Hall–Kier alpha value is -1.19. The number of aromatic nitrogens is 2. The molecule has 0 saturated heterocycles. The Morgan fingerprint density at radius 3 is 2.63 bits per heavy atom. The first kappa shape index (κ1) is 12.8. The Labute approximate surface area is 116 Å². The minimum atomic E-state index is 0.441. The molecule has 106 valence electrons. The molecule has 0 radical (unpaired) electrons. The number of nitrogens with zero attached hydrogens (tertiary/aromatic N) is 2. The zero-order valence-corrected chi connectivity index (χ0v) is 12.4. The van der Waals surface area contributed by atoms with E-state index in [0.717, 1.165) is 31.2 Å². The fourth-order valence-corrected chi connectivity index (χ4v) is 3.54. The highest BCUT2D eigenvalue weighted by Gasteiger charge is 2.36. The summed E-state index contributed by atoms with van der Waals surface area (Å²) in [6, 6.07) is 0. The third-order valence-electron chi connectivity index (χ3n) is 5.03. The maximum atomic E-state index is 4.59. The molecule has 0 aromatic carbocycles. The van der Waals surface area contributed by atoms with Gasteiger partial charge in [-0.2, -0.15) is 5.10 Å². The molecule has 1 saturated carbocycles. The summed E-state index contributed by atoms with van der Waals surface area (Å²) >= 11 is 0. The van der Waals surface area contributed by atoms with Crippen LogP contribution in [0.15, 0.2) is 0 Å². The van der Waals surface area contributed by atoms with E-state index >= 15 is 0 Å². The van der Waals surface area contributed by atoms with E-state index in [1.807, 2.05) is 0 Å². The van der Waals surface area contributed by atoms with Crippen molar-refractivity contribution in [3.8, 4) is 0 Å². The summed E-state index contributed by atoms with van der Waals surface area (Å²) in [5.41, 5.74) is 2.78. The minimum absolute atomic E-state index is 0.441. The van der Waals surface area contributed by atoms with E-state index in [-0.39, 0.29) is 0 Å². The largest absolute Gasteiger partial charge is 0.380 e. The number of aryl methyl sites for hydroxylation is 2. The Kier molecular flexibility index (Phi) is 3.19. The molecule has 1 fully saturated rings. The molecule has 2 aliphatic rings. The second-order valence-corrected chi connectivity index (χ2v) is 6.51. The van der Waals surface area contributed by atoms with Crippen LogP contribution >= 0.6 is 0 Å². The minimum Gasteiger partial charge on any atom is -0.380 e. The van der Waals surface area contributed by atoms with Gasteiger partial charge in [-0.05, 0) is 32.6 Å². The van der Waals surface area contributed by atoms with Crippen molar-refractivity contribution in [2.45, 2.75) is 53.0 Å². The Morgan fingerprint density at radius 1 is 1.26 bits per heavy atom. The SMILES string of the molecule is CCn1nc(C)c2c1NCC1(CCC(C)CC1)CN2. The number of anilines is 2. The Balaban J connectivity index is 1.81. The van der Waals surface area contributed by atoms with Gasteiger partial charge >= 0.3 is 0 Å². The van der Waals surface area contributed by atoms with Crippen molar-refractivity contribution in [1.82, 2.24) is 9.78 Å². The molecule has 1 aromatic rings. The second-order valence-electron chi connectivity index (χ2n) is 6.51. The molecule has 0 bridgehead atoms. The smallest absolute Gasteiger partial charge is 0.148 e. The molecule has 0 unspecified atom stereocenters. The molecule has 1 spiro atoms. The van der Waals surface area contributed by atoms with Gasteiger partial charge in [0.25, 0.3) is 0 Å². The quantitative estimate of drug-likeness (QED) is 0.816. The zero-order valence-electron chi connectivity index (χ0n) is 12.4. The van der Waals surface area contributed by atoms with Gasteiger partial charge in [0.15, 0.2) is 0 Å². The van der Waals surface area contributed by atoms with E-state index < -0.39 is 0 Å². The summed E-state index contributed by atoms with van der Waals surface area (Å²) in [6.07, 6.45) is 5.44. The molecule has 4 heteroatoms. The van der Waals surface area contributed by atoms with E-state index in [1.165, 1.54) is 37.2 Å². The normalized spacial score (nSPS) is 30.4.